The minimum atomic E-state index is 0.00435. The molecule has 14 heavy (non-hydrogen) atoms. The van der Waals surface area contributed by atoms with Crippen LogP contribution in [0, 0.1) is 23.2 Å². The summed E-state index contributed by atoms with van der Waals surface area (Å²) < 4.78 is 0. The smallest absolute Gasteiger partial charge is 0.323 e. The van der Waals surface area contributed by atoms with E-state index in [2.05, 4.69) is 18.6 Å². The molecule has 3 atom stereocenters. The summed E-state index contributed by atoms with van der Waals surface area (Å²) in [6.07, 6.45) is 4.69. The molecule has 0 radical (unpaired) electrons. The summed E-state index contributed by atoms with van der Waals surface area (Å²) >= 11 is 0. The van der Waals surface area contributed by atoms with Crippen molar-refractivity contribution in [2.24, 2.45) is 23.2 Å². The van der Waals surface area contributed by atoms with Gasteiger partial charge in [-0.1, -0.05) is 13.8 Å². The Hall–Kier alpha value is -0.950. The van der Waals surface area contributed by atoms with Crippen molar-refractivity contribution in [1.29, 1.82) is 0 Å². The van der Waals surface area contributed by atoms with Gasteiger partial charge in [-0.25, -0.2) is 0 Å². The molecule has 0 N–H and O–H groups in total. The van der Waals surface area contributed by atoms with E-state index in [1.54, 1.807) is 0 Å². The summed E-state index contributed by atoms with van der Waals surface area (Å²) in [5, 5.41) is 0. The SMILES string of the molecule is CC1(C)[C@@H]2CC[C@@H](C2)[C@H]1C(=O)C=[N+]=[N-]. The molecule has 0 aromatic carbocycles. The third-order valence-electron chi connectivity index (χ3n) is 4.29. The summed E-state index contributed by atoms with van der Waals surface area (Å²) in [6, 6.07) is 0. The summed E-state index contributed by atoms with van der Waals surface area (Å²) in [5.41, 5.74) is 8.48. The maximum Gasteiger partial charge on any atom is 0.323 e. The third-order valence-corrected chi connectivity index (χ3v) is 4.29. The van der Waals surface area contributed by atoms with Crippen molar-refractivity contribution in [2.45, 2.75) is 33.1 Å². The number of rotatable bonds is 2. The van der Waals surface area contributed by atoms with Crippen molar-refractivity contribution in [3.63, 3.8) is 0 Å². The van der Waals surface area contributed by atoms with Gasteiger partial charge in [0.1, 0.15) is 0 Å². The molecule has 0 aromatic heterocycles. The minimum Gasteiger partial charge on any atom is -0.361 e. The zero-order valence-corrected chi connectivity index (χ0v) is 8.73. The van der Waals surface area contributed by atoms with Crippen LogP contribution < -0.4 is 0 Å². The van der Waals surface area contributed by atoms with Crippen molar-refractivity contribution < 1.29 is 9.58 Å². The van der Waals surface area contributed by atoms with Gasteiger partial charge in [0, 0.05) is 5.92 Å². The Morgan fingerprint density at radius 2 is 2.21 bits per heavy atom. The molecular formula is C11H16N2O. The standard InChI is InChI=1S/C11H16N2O/c1-11(2)8-4-3-7(5-8)10(11)9(14)6-13-12/h6-8,10H,3-5H2,1-2H3/t7-,8+,10-/m0/s1. The second-order valence-electron chi connectivity index (χ2n) is 5.22. The van der Waals surface area contributed by atoms with Gasteiger partial charge >= 0.3 is 6.21 Å². The Kier molecular flexibility index (Phi) is 2.07. The quantitative estimate of drug-likeness (QED) is 0.374. The van der Waals surface area contributed by atoms with E-state index in [0.717, 1.165) is 6.21 Å². The van der Waals surface area contributed by atoms with Crippen LogP contribution in [0.1, 0.15) is 33.1 Å². The Bertz CT molecular complexity index is 315. The molecule has 0 unspecified atom stereocenters. The van der Waals surface area contributed by atoms with Gasteiger partial charge in [0.05, 0.1) is 0 Å². The van der Waals surface area contributed by atoms with Crippen molar-refractivity contribution in [3.05, 3.63) is 5.53 Å². The molecule has 2 aliphatic carbocycles. The highest BCUT2D eigenvalue weighted by molar-refractivity contribution is 6.26. The van der Waals surface area contributed by atoms with Gasteiger partial charge in [0.2, 0.25) is 5.78 Å². The van der Waals surface area contributed by atoms with Crippen LogP contribution in [0.25, 0.3) is 5.53 Å². The number of ketones is 1. The van der Waals surface area contributed by atoms with Crippen LogP contribution in [-0.4, -0.2) is 16.8 Å². The largest absolute Gasteiger partial charge is 0.361 e. The summed E-state index contributed by atoms with van der Waals surface area (Å²) in [7, 11) is 0. The number of carbonyl (C=O) groups is 1. The van der Waals surface area contributed by atoms with Crippen LogP contribution in [0.5, 0.6) is 0 Å². The lowest BCUT2D eigenvalue weighted by Crippen LogP contribution is -2.36. The normalized spacial score (nSPS) is 38.0. The first-order chi connectivity index (χ1) is 6.57. The Morgan fingerprint density at radius 1 is 1.50 bits per heavy atom. The minimum absolute atomic E-state index is 0.00435. The van der Waals surface area contributed by atoms with Crippen LogP contribution in [0.15, 0.2) is 0 Å². The number of hydrogen-bond acceptors (Lipinski definition) is 1. The maximum absolute atomic E-state index is 11.7. The van der Waals surface area contributed by atoms with E-state index in [1.807, 2.05) is 0 Å². The average molecular weight is 192 g/mol. The van der Waals surface area contributed by atoms with E-state index in [0.29, 0.717) is 11.8 Å². The fourth-order valence-corrected chi connectivity index (χ4v) is 3.59. The van der Waals surface area contributed by atoms with Gasteiger partial charge in [-0.05, 0) is 36.5 Å². The van der Waals surface area contributed by atoms with Gasteiger partial charge < -0.3 is 5.53 Å². The Balaban J connectivity index is 2.27. The highest BCUT2D eigenvalue weighted by Gasteiger charge is 2.55. The molecule has 2 saturated carbocycles. The van der Waals surface area contributed by atoms with Crippen LogP contribution in [-0.2, 0) is 4.79 Å². The van der Waals surface area contributed by atoms with E-state index in [9.17, 15) is 4.79 Å². The molecule has 2 bridgehead atoms. The molecule has 3 nitrogen and oxygen atoms in total. The maximum atomic E-state index is 11.7. The second-order valence-corrected chi connectivity index (χ2v) is 5.22. The molecule has 0 heterocycles. The number of fused-ring (bicyclic) bond motifs is 2. The van der Waals surface area contributed by atoms with Gasteiger partial charge in [0.25, 0.3) is 0 Å². The van der Waals surface area contributed by atoms with E-state index in [-0.39, 0.29) is 17.1 Å². The first-order valence-corrected chi connectivity index (χ1v) is 5.28. The summed E-state index contributed by atoms with van der Waals surface area (Å²) in [5.74, 6) is 1.30. The third kappa shape index (κ3) is 1.16. The van der Waals surface area contributed by atoms with Crippen LogP contribution >= 0.6 is 0 Å². The van der Waals surface area contributed by atoms with Crippen molar-refractivity contribution in [1.82, 2.24) is 0 Å². The fraction of sp³-hybridized carbons (Fsp3) is 0.818. The lowest BCUT2D eigenvalue weighted by Gasteiger charge is -2.35. The van der Waals surface area contributed by atoms with Crippen molar-refractivity contribution in [2.75, 3.05) is 0 Å². The highest BCUT2D eigenvalue weighted by Crippen LogP contribution is 2.59. The van der Waals surface area contributed by atoms with Crippen LogP contribution in [0.4, 0.5) is 0 Å². The van der Waals surface area contributed by atoms with Gasteiger partial charge in [-0.2, -0.15) is 4.79 Å². The van der Waals surface area contributed by atoms with E-state index in [1.165, 1.54) is 19.3 Å². The number of nitrogens with zero attached hydrogens (tertiary/aromatic N) is 2. The van der Waals surface area contributed by atoms with Crippen molar-refractivity contribution >= 4 is 12.0 Å². The molecule has 0 aromatic rings. The Morgan fingerprint density at radius 3 is 2.71 bits per heavy atom. The van der Waals surface area contributed by atoms with E-state index >= 15 is 0 Å². The zero-order valence-electron chi connectivity index (χ0n) is 8.73. The second kappa shape index (κ2) is 3.03. The molecule has 3 heteroatoms. The predicted octanol–water partition coefficient (Wildman–Crippen LogP) is 1.93. The van der Waals surface area contributed by atoms with Gasteiger partial charge in [-0.15, -0.1) is 0 Å². The molecular weight excluding hydrogens is 176 g/mol. The molecule has 2 rings (SSSR count). The van der Waals surface area contributed by atoms with E-state index in [4.69, 9.17) is 5.53 Å². The lowest BCUT2D eigenvalue weighted by molar-refractivity contribution is -0.125. The number of carbonyl (C=O) groups excluding carboxylic acids is 1. The topological polar surface area (TPSA) is 53.5 Å². The zero-order chi connectivity index (χ0) is 10.3. The van der Waals surface area contributed by atoms with Crippen LogP contribution in [0.3, 0.4) is 0 Å². The first-order valence-electron chi connectivity index (χ1n) is 5.28. The number of Topliss-reactive ketones (excluding diaryl/α,β-unsaturated/α-hetero) is 1. The molecule has 76 valence electrons. The summed E-state index contributed by atoms with van der Waals surface area (Å²) in [6.45, 7) is 4.34. The van der Waals surface area contributed by atoms with Crippen LogP contribution in [0.2, 0.25) is 0 Å². The molecule has 2 aliphatic rings. The molecule has 2 fully saturated rings. The number of hydrogen-bond donors (Lipinski definition) is 0. The monoisotopic (exact) mass is 192 g/mol. The van der Waals surface area contributed by atoms with Gasteiger partial charge in [-0.3, -0.25) is 4.79 Å². The molecule has 0 saturated heterocycles. The Labute approximate surface area is 84.1 Å². The predicted molar refractivity (Wildman–Crippen MR) is 52.8 cm³/mol. The average Bonchev–Trinajstić information content (AvgIpc) is 2.61. The lowest BCUT2D eigenvalue weighted by atomic mass is 9.67. The summed E-state index contributed by atoms with van der Waals surface area (Å²) in [4.78, 5) is 14.6. The molecule has 0 spiro atoms. The van der Waals surface area contributed by atoms with E-state index < -0.39 is 0 Å². The molecule has 0 amide bonds. The molecule has 0 aliphatic heterocycles. The van der Waals surface area contributed by atoms with Gasteiger partial charge in [0.15, 0.2) is 0 Å². The fourth-order valence-electron chi connectivity index (χ4n) is 3.59. The first kappa shape index (κ1) is 9.60. The highest BCUT2D eigenvalue weighted by atomic mass is 16.1. The van der Waals surface area contributed by atoms with Crippen molar-refractivity contribution in [3.8, 4) is 0 Å².